The molecule has 2 unspecified atom stereocenters. The Kier molecular flexibility index (Phi) is 3.59. The summed E-state index contributed by atoms with van der Waals surface area (Å²) in [5, 5.41) is 0. The van der Waals surface area contributed by atoms with Crippen molar-refractivity contribution in [2.75, 3.05) is 24.6 Å². The van der Waals surface area contributed by atoms with Crippen molar-refractivity contribution in [3.63, 3.8) is 0 Å². The van der Waals surface area contributed by atoms with Crippen LogP contribution in [0.2, 0.25) is 0 Å². The monoisotopic (exact) mass is 236 g/mol. The van der Waals surface area contributed by atoms with E-state index in [0.717, 1.165) is 23.8 Å². The molecule has 5 nitrogen and oxygen atoms in total. The van der Waals surface area contributed by atoms with Crippen LogP contribution in [0.1, 0.15) is 18.3 Å². The largest absolute Gasteiger partial charge is 0.373 e. The minimum Gasteiger partial charge on any atom is -0.373 e. The average molecular weight is 236 g/mol. The van der Waals surface area contributed by atoms with Crippen LogP contribution in [0, 0.1) is 13.8 Å². The number of aromatic nitrogens is 2. The van der Waals surface area contributed by atoms with Gasteiger partial charge in [-0.1, -0.05) is 0 Å². The van der Waals surface area contributed by atoms with Crippen molar-refractivity contribution in [1.82, 2.24) is 9.97 Å². The molecule has 0 saturated carbocycles. The van der Waals surface area contributed by atoms with Gasteiger partial charge >= 0.3 is 0 Å². The molecule has 2 heterocycles. The molecule has 17 heavy (non-hydrogen) atoms. The Morgan fingerprint density at radius 3 is 3.00 bits per heavy atom. The van der Waals surface area contributed by atoms with Gasteiger partial charge in [0.15, 0.2) is 5.82 Å². The molecule has 0 spiro atoms. The van der Waals surface area contributed by atoms with Crippen molar-refractivity contribution in [2.24, 2.45) is 5.73 Å². The molecule has 1 saturated heterocycles. The first-order valence-corrected chi connectivity index (χ1v) is 6.00. The smallest absolute Gasteiger partial charge is 0.150 e. The van der Waals surface area contributed by atoms with Crippen molar-refractivity contribution < 1.29 is 4.74 Å². The van der Waals surface area contributed by atoms with Crippen molar-refractivity contribution in [3.8, 4) is 0 Å². The van der Waals surface area contributed by atoms with E-state index in [1.165, 1.54) is 0 Å². The fourth-order valence-electron chi connectivity index (χ4n) is 2.05. The Morgan fingerprint density at radius 2 is 2.29 bits per heavy atom. The number of hydrogen-bond donors (Lipinski definition) is 1. The lowest BCUT2D eigenvalue weighted by Crippen LogP contribution is -2.51. The number of nitrogens with zero attached hydrogens (tertiary/aromatic N) is 3. The summed E-state index contributed by atoms with van der Waals surface area (Å²) in [6, 6.07) is 0.313. The third-order valence-electron chi connectivity index (χ3n) is 3.09. The van der Waals surface area contributed by atoms with Gasteiger partial charge in [0, 0.05) is 19.3 Å². The summed E-state index contributed by atoms with van der Waals surface area (Å²) in [7, 11) is 0. The number of aryl methyl sites for hydroxylation is 2. The fourth-order valence-corrected chi connectivity index (χ4v) is 2.05. The number of ether oxygens (including phenoxy) is 1. The molecule has 2 N–H and O–H groups in total. The lowest BCUT2D eigenvalue weighted by atomic mass is 10.2. The number of anilines is 1. The lowest BCUT2D eigenvalue weighted by Gasteiger charge is -2.38. The van der Waals surface area contributed by atoms with Crippen LogP contribution in [0.4, 0.5) is 5.82 Å². The second-order valence-electron chi connectivity index (χ2n) is 4.61. The van der Waals surface area contributed by atoms with Crippen molar-refractivity contribution >= 4 is 5.82 Å². The van der Waals surface area contributed by atoms with E-state index in [-0.39, 0.29) is 6.10 Å². The van der Waals surface area contributed by atoms with Crippen molar-refractivity contribution in [2.45, 2.75) is 32.9 Å². The Balaban J connectivity index is 2.27. The highest BCUT2D eigenvalue weighted by molar-refractivity contribution is 5.45. The maximum absolute atomic E-state index is 5.67. The molecule has 1 aromatic rings. The van der Waals surface area contributed by atoms with Gasteiger partial charge < -0.3 is 15.4 Å². The topological polar surface area (TPSA) is 64.3 Å². The van der Waals surface area contributed by atoms with Crippen LogP contribution in [-0.2, 0) is 4.74 Å². The molecular weight excluding hydrogens is 216 g/mol. The summed E-state index contributed by atoms with van der Waals surface area (Å²) in [6.45, 7) is 8.11. The molecule has 0 bridgehead atoms. The second-order valence-corrected chi connectivity index (χ2v) is 4.61. The van der Waals surface area contributed by atoms with Crippen LogP contribution >= 0.6 is 0 Å². The van der Waals surface area contributed by atoms with Gasteiger partial charge in [-0.25, -0.2) is 4.98 Å². The summed E-state index contributed by atoms with van der Waals surface area (Å²) >= 11 is 0. The third kappa shape index (κ3) is 2.56. The van der Waals surface area contributed by atoms with Crippen LogP contribution < -0.4 is 10.6 Å². The first-order valence-electron chi connectivity index (χ1n) is 6.00. The molecule has 0 amide bonds. The highest BCUT2D eigenvalue weighted by atomic mass is 16.5. The maximum Gasteiger partial charge on any atom is 0.150 e. The molecule has 0 radical (unpaired) electrons. The van der Waals surface area contributed by atoms with E-state index in [0.29, 0.717) is 19.2 Å². The van der Waals surface area contributed by atoms with Gasteiger partial charge in [0.25, 0.3) is 0 Å². The predicted octanol–water partition coefficient (Wildman–Crippen LogP) is 0.646. The Morgan fingerprint density at radius 1 is 1.53 bits per heavy atom. The molecule has 0 aliphatic carbocycles. The minimum absolute atomic E-state index is 0.0907. The van der Waals surface area contributed by atoms with E-state index < -0.39 is 0 Å². The summed E-state index contributed by atoms with van der Waals surface area (Å²) in [6.07, 6.45) is 1.89. The molecule has 5 heteroatoms. The average Bonchev–Trinajstić information content (AvgIpc) is 2.33. The Hall–Kier alpha value is -1.20. The maximum atomic E-state index is 5.67. The van der Waals surface area contributed by atoms with Crippen LogP contribution in [-0.4, -0.2) is 41.8 Å². The summed E-state index contributed by atoms with van der Waals surface area (Å²) in [4.78, 5) is 11.2. The highest BCUT2D eigenvalue weighted by Gasteiger charge is 2.27. The standard InChI is InChI=1S/C12H20N4O/c1-8-5-14-10(3)12(15-8)16-6-11(4-13)17-7-9(16)2/h5,9,11H,4,6-7,13H2,1-3H3. The summed E-state index contributed by atoms with van der Waals surface area (Å²) < 4.78 is 5.65. The summed E-state index contributed by atoms with van der Waals surface area (Å²) in [5.74, 6) is 0.958. The number of rotatable bonds is 2. The third-order valence-corrected chi connectivity index (χ3v) is 3.09. The van der Waals surface area contributed by atoms with Gasteiger partial charge in [0.05, 0.1) is 30.1 Å². The van der Waals surface area contributed by atoms with E-state index >= 15 is 0 Å². The Labute approximate surface area is 102 Å². The highest BCUT2D eigenvalue weighted by Crippen LogP contribution is 2.22. The molecule has 1 fully saturated rings. The summed E-state index contributed by atoms with van der Waals surface area (Å²) in [5.41, 5.74) is 7.57. The predicted molar refractivity (Wildman–Crippen MR) is 67.1 cm³/mol. The van der Waals surface area contributed by atoms with E-state index in [1.807, 2.05) is 13.8 Å². The number of morpholine rings is 1. The molecule has 94 valence electrons. The van der Waals surface area contributed by atoms with Crippen LogP contribution in [0.5, 0.6) is 0 Å². The first-order chi connectivity index (χ1) is 8.11. The van der Waals surface area contributed by atoms with Crippen LogP contribution in [0.25, 0.3) is 0 Å². The minimum atomic E-state index is 0.0907. The van der Waals surface area contributed by atoms with Crippen molar-refractivity contribution in [1.29, 1.82) is 0 Å². The Bertz CT molecular complexity index is 396. The quantitative estimate of drug-likeness (QED) is 0.816. The van der Waals surface area contributed by atoms with Crippen molar-refractivity contribution in [3.05, 3.63) is 17.6 Å². The number of hydrogen-bond acceptors (Lipinski definition) is 5. The van der Waals surface area contributed by atoms with E-state index in [1.54, 1.807) is 6.20 Å². The zero-order valence-electron chi connectivity index (χ0n) is 10.7. The normalized spacial score (nSPS) is 25.1. The van der Waals surface area contributed by atoms with Gasteiger partial charge in [0.1, 0.15) is 0 Å². The van der Waals surface area contributed by atoms with Gasteiger partial charge in [-0.2, -0.15) is 0 Å². The van der Waals surface area contributed by atoms with E-state index in [4.69, 9.17) is 10.5 Å². The van der Waals surface area contributed by atoms with Crippen LogP contribution in [0.3, 0.4) is 0 Å². The van der Waals surface area contributed by atoms with Gasteiger partial charge in [-0.15, -0.1) is 0 Å². The van der Waals surface area contributed by atoms with Crippen LogP contribution in [0.15, 0.2) is 6.20 Å². The molecule has 1 aliphatic heterocycles. The van der Waals surface area contributed by atoms with Gasteiger partial charge in [-0.3, -0.25) is 4.98 Å². The molecule has 1 aliphatic rings. The molecular formula is C12H20N4O. The molecule has 2 rings (SSSR count). The molecule has 0 aromatic carbocycles. The van der Waals surface area contributed by atoms with Gasteiger partial charge in [-0.05, 0) is 20.8 Å². The fraction of sp³-hybridized carbons (Fsp3) is 0.667. The molecule has 2 atom stereocenters. The lowest BCUT2D eigenvalue weighted by molar-refractivity contribution is 0.0279. The molecule has 1 aromatic heterocycles. The van der Waals surface area contributed by atoms with Gasteiger partial charge in [0.2, 0.25) is 0 Å². The zero-order chi connectivity index (χ0) is 12.4. The number of nitrogens with two attached hydrogens (primary N) is 1. The zero-order valence-corrected chi connectivity index (χ0v) is 10.7. The SMILES string of the molecule is Cc1cnc(C)c(N2CC(CN)OCC2C)n1. The van der Waals surface area contributed by atoms with E-state index in [9.17, 15) is 0 Å². The second kappa shape index (κ2) is 4.98. The first kappa shape index (κ1) is 12.3. The van der Waals surface area contributed by atoms with E-state index in [2.05, 4.69) is 21.8 Å².